The van der Waals surface area contributed by atoms with Crippen molar-refractivity contribution in [3.8, 4) is 0 Å². The Kier molecular flexibility index (Phi) is 6.79. The van der Waals surface area contributed by atoms with E-state index in [1.54, 1.807) is 0 Å². The average molecular weight is 311 g/mol. The quantitative estimate of drug-likeness (QED) is 0.538. The predicted molar refractivity (Wildman–Crippen MR) is 93.5 cm³/mol. The molecule has 0 unspecified atom stereocenters. The van der Waals surface area contributed by atoms with Crippen LogP contribution in [0.15, 0.2) is 48.6 Å². The Morgan fingerprint density at radius 1 is 1.22 bits per heavy atom. The Balaban J connectivity index is 1.90. The number of allylic oxidation sites excluding steroid dienone is 3. The third-order valence-electron chi connectivity index (χ3n) is 4.17. The van der Waals surface area contributed by atoms with Crippen LogP contribution in [-0.2, 0) is 11.2 Å². The monoisotopic (exact) mass is 311 g/mol. The summed E-state index contributed by atoms with van der Waals surface area (Å²) in [5.74, 6) is 0.238. The van der Waals surface area contributed by atoms with Crippen LogP contribution in [0.5, 0.6) is 0 Å². The number of likely N-dealkylation sites (tertiary alicyclic amines) is 1. The van der Waals surface area contributed by atoms with Crippen LogP contribution in [-0.4, -0.2) is 29.7 Å². The zero-order valence-corrected chi connectivity index (χ0v) is 13.8. The summed E-state index contributed by atoms with van der Waals surface area (Å²) < 4.78 is 0. The van der Waals surface area contributed by atoms with Gasteiger partial charge < -0.3 is 4.90 Å². The highest BCUT2D eigenvalue weighted by Gasteiger charge is 2.28. The molecule has 0 bridgehead atoms. The second-order valence-corrected chi connectivity index (χ2v) is 5.90. The van der Waals surface area contributed by atoms with E-state index in [4.69, 9.17) is 0 Å². The van der Waals surface area contributed by atoms with Gasteiger partial charge in [-0.3, -0.25) is 9.59 Å². The van der Waals surface area contributed by atoms with Gasteiger partial charge in [0.25, 0.3) is 0 Å². The molecule has 1 heterocycles. The molecule has 0 spiro atoms. The summed E-state index contributed by atoms with van der Waals surface area (Å²) >= 11 is 0. The van der Waals surface area contributed by atoms with Crippen molar-refractivity contribution in [1.82, 2.24) is 4.90 Å². The highest BCUT2D eigenvalue weighted by molar-refractivity contribution is 5.79. The summed E-state index contributed by atoms with van der Waals surface area (Å²) in [5, 5.41) is 0. The minimum absolute atomic E-state index is 0.211. The van der Waals surface area contributed by atoms with E-state index in [1.807, 2.05) is 29.2 Å². The molecular formula is C20H25NO2. The van der Waals surface area contributed by atoms with Crippen LogP contribution < -0.4 is 0 Å². The number of hydrogen-bond acceptors (Lipinski definition) is 2. The lowest BCUT2D eigenvalue weighted by molar-refractivity contribution is -0.128. The van der Waals surface area contributed by atoms with Gasteiger partial charge in [-0.25, -0.2) is 0 Å². The first kappa shape index (κ1) is 17.2. The third-order valence-corrected chi connectivity index (χ3v) is 4.17. The number of benzene rings is 1. The second-order valence-electron chi connectivity index (χ2n) is 5.90. The molecule has 1 aromatic carbocycles. The van der Waals surface area contributed by atoms with Gasteiger partial charge in [0, 0.05) is 18.5 Å². The van der Waals surface area contributed by atoms with Crippen molar-refractivity contribution in [3.63, 3.8) is 0 Å². The smallest absolute Gasteiger partial charge is 0.223 e. The predicted octanol–water partition coefficient (Wildman–Crippen LogP) is 3.95. The first-order chi connectivity index (χ1) is 11.2. The summed E-state index contributed by atoms with van der Waals surface area (Å²) in [5.41, 5.74) is 1.84. The fraction of sp³-hybridized carbons (Fsp3) is 0.400. The van der Waals surface area contributed by atoms with Gasteiger partial charge in [-0.1, -0.05) is 61.9 Å². The molecule has 1 amide bonds. The molecule has 1 aromatic rings. The number of carbonyl (C=O) groups excluding carboxylic acids is 2. The van der Waals surface area contributed by atoms with Crippen LogP contribution in [0.25, 0.3) is 0 Å². The van der Waals surface area contributed by atoms with Crippen LogP contribution >= 0.6 is 0 Å². The zero-order chi connectivity index (χ0) is 16.5. The van der Waals surface area contributed by atoms with E-state index in [1.165, 1.54) is 0 Å². The van der Waals surface area contributed by atoms with Crippen LogP contribution in [0.3, 0.4) is 0 Å². The van der Waals surface area contributed by atoms with E-state index in [0.29, 0.717) is 12.0 Å². The maximum absolute atomic E-state index is 12.1. The first-order valence-corrected chi connectivity index (χ1v) is 8.41. The molecule has 0 radical (unpaired) electrons. The Bertz CT molecular complexity index is 572. The van der Waals surface area contributed by atoms with Crippen LogP contribution in [0.2, 0.25) is 0 Å². The number of amides is 1. The SMILES string of the molecule is CCC/C=C\C=C\[C@H]1CCC(=O)N1CCc1ccc(C=O)cc1. The summed E-state index contributed by atoms with van der Waals surface area (Å²) in [6, 6.07) is 7.78. The highest BCUT2D eigenvalue weighted by atomic mass is 16.2. The number of carbonyl (C=O) groups is 2. The maximum atomic E-state index is 12.1. The van der Waals surface area contributed by atoms with E-state index >= 15 is 0 Å². The summed E-state index contributed by atoms with van der Waals surface area (Å²) in [6.45, 7) is 2.89. The zero-order valence-electron chi connectivity index (χ0n) is 13.8. The van der Waals surface area contributed by atoms with E-state index < -0.39 is 0 Å². The molecular weight excluding hydrogens is 286 g/mol. The lowest BCUT2D eigenvalue weighted by atomic mass is 10.1. The average Bonchev–Trinajstić information content (AvgIpc) is 2.93. The van der Waals surface area contributed by atoms with Crippen LogP contribution in [0.1, 0.15) is 48.5 Å². The molecule has 1 aliphatic heterocycles. The fourth-order valence-corrected chi connectivity index (χ4v) is 2.79. The van der Waals surface area contributed by atoms with Gasteiger partial charge in [0.15, 0.2) is 0 Å². The summed E-state index contributed by atoms with van der Waals surface area (Å²) in [6.07, 6.45) is 13.9. The molecule has 0 N–H and O–H groups in total. The van der Waals surface area contributed by atoms with Crippen molar-refractivity contribution in [1.29, 1.82) is 0 Å². The van der Waals surface area contributed by atoms with Gasteiger partial charge in [-0.05, 0) is 24.8 Å². The molecule has 3 nitrogen and oxygen atoms in total. The molecule has 23 heavy (non-hydrogen) atoms. The Labute approximate surface area is 138 Å². The van der Waals surface area contributed by atoms with Crippen molar-refractivity contribution in [3.05, 3.63) is 59.7 Å². The van der Waals surface area contributed by atoms with Crippen molar-refractivity contribution in [2.24, 2.45) is 0 Å². The Hall–Kier alpha value is -2.16. The molecule has 0 saturated carbocycles. The highest BCUT2D eigenvalue weighted by Crippen LogP contribution is 2.20. The van der Waals surface area contributed by atoms with Crippen molar-refractivity contribution >= 4 is 12.2 Å². The topological polar surface area (TPSA) is 37.4 Å². The van der Waals surface area contributed by atoms with E-state index in [2.05, 4.69) is 31.2 Å². The molecule has 1 aliphatic rings. The number of aldehydes is 1. The van der Waals surface area contributed by atoms with E-state index in [-0.39, 0.29) is 11.9 Å². The minimum atomic E-state index is 0.211. The summed E-state index contributed by atoms with van der Waals surface area (Å²) in [4.78, 5) is 24.7. The Morgan fingerprint density at radius 2 is 2.00 bits per heavy atom. The molecule has 122 valence electrons. The Morgan fingerprint density at radius 3 is 2.70 bits per heavy atom. The number of rotatable bonds is 8. The minimum Gasteiger partial charge on any atom is -0.336 e. The normalized spacial score (nSPS) is 18.4. The lowest BCUT2D eigenvalue weighted by Crippen LogP contribution is -2.33. The number of hydrogen-bond donors (Lipinski definition) is 0. The summed E-state index contributed by atoms with van der Waals surface area (Å²) in [7, 11) is 0. The van der Waals surface area contributed by atoms with Gasteiger partial charge in [0.1, 0.15) is 6.29 Å². The van der Waals surface area contributed by atoms with Crippen LogP contribution in [0.4, 0.5) is 0 Å². The van der Waals surface area contributed by atoms with Gasteiger partial charge in [0.05, 0.1) is 6.04 Å². The standard InChI is InChI=1S/C20H25NO2/c1-2-3-4-5-6-7-19-12-13-20(23)21(19)15-14-17-8-10-18(16-22)11-9-17/h4-11,16,19H,2-3,12-15H2,1H3/b5-4-,7-6+/t19-/m0/s1. The molecule has 1 saturated heterocycles. The molecule has 0 aliphatic carbocycles. The van der Waals surface area contributed by atoms with Gasteiger partial charge in [-0.2, -0.15) is 0 Å². The lowest BCUT2D eigenvalue weighted by Gasteiger charge is -2.22. The second kappa shape index (κ2) is 9.09. The van der Waals surface area contributed by atoms with Gasteiger partial charge in [-0.15, -0.1) is 0 Å². The maximum Gasteiger partial charge on any atom is 0.223 e. The molecule has 0 aromatic heterocycles. The van der Waals surface area contributed by atoms with Crippen molar-refractivity contribution < 1.29 is 9.59 Å². The molecule has 1 fully saturated rings. The van der Waals surface area contributed by atoms with Crippen molar-refractivity contribution in [2.75, 3.05) is 6.54 Å². The molecule has 3 heteroatoms. The third kappa shape index (κ3) is 5.20. The van der Waals surface area contributed by atoms with Crippen molar-refractivity contribution in [2.45, 2.75) is 45.1 Å². The molecule has 1 atom stereocenters. The number of unbranched alkanes of at least 4 members (excludes halogenated alkanes) is 1. The van der Waals surface area contributed by atoms with Gasteiger partial charge in [0.2, 0.25) is 5.91 Å². The fourth-order valence-electron chi connectivity index (χ4n) is 2.79. The van der Waals surface area contributed by atoms with E-state index in [0.717, 1.165) is 44.1 Å². The van der Waals surface area contributed by atoms with E-state index in [9.17, 15) is 9.59 Å². The molecule has 2 rings (SSSR count). The number of nitrogens with zero attached hydrogens (tertiary/aromatic N) is 1. The van der Waals surface area contributed by atoms with Crippen LogP contribution in [0, 0.1) is 0 Å². The first-order valence-electron chi connectivity index (χ1n) is 8.41. The van der Waals surface area contributed by atoms with Gasteiger partial charge >= 0.3 is 0 Å². The largest absolute Gasteiger partial charge is 0.336 e.